The van der Waals surface area contributed by atoms with E-state index in [0.29, 0.717) is 6.61 Å². The van der Waals surface area contributed by atoms with E-state index in [9.17, 15) is 0 Å². The molecule has 1 atom stereocenters. The molecular weight excluding hydrogens is 216 g/mol. The first kappa shape index (κ1) is 10.8. The first-order chi connectivity index (χ1) is 8.29. The molecule has 0 saturated carbocycles. The summed E-state index contributed by atoms with van der Waals surface area (Å²) in [4.78, 5) is 9.97. The number of para-hydroxylation sites is 1. The number of rotatable bonds is 2. The Morgan fingerprint density at radius 3 is 3.12 bits per heavy atom. The van der Waals surface area contributed by atoms with Gasteiger partial charge in [0.2, 0.25) is 0 Å². The van der Waals surface area contributed by atoms with Gasteiger partial charge in [-0.3, -0.25) is 10.2 Å². The third-order valence-corrected chi connectivity index (χ3v) is 3.64. The summed E-state index contributed by atoms with van der Waals surface area (Å²) in [7, 11) is 2.05. The number of benzene rings is 1. The number of hydrogen-bond acceptors (Lipinski definition) is 3. The highest BCUT2D eigenvalue weighted by Gasteiger charge is 2.26. The largest absolute Gasteiger partial charge is 0.357 e. The zero-order valence-electron chi connectivity index (χ0n) is 9.81. The van der Waals surface area contributed by atoms with E-state index in [1.54, 1.807) is 0 Å². The second kappa shape index (κ2) is 4.14. The van der Waals surface area contributed by atoms with Gasteiger partial charge in [0.15, 0.2) is 0 Å². The van der Waals surface area contributed by atoms with Crippen LogP contribution in [0.3, 0.4) is 0 Å². The molecule has 1 aliphatic rings. The van der Waals surface area contributed by atoms with Gasteiger partial charge in [-0.1, -0.05) is 18.2 Å². The van der Waals surface area contributed by atoms with Crippen molar-refractivity contribution in [3.63, 3.8) is 0 Å². The van der Waals surface area contributed by atoms with Crippen LogP contribution in [0.25, 0.3) is 10.9 Å². The van der Waals surface area contributed by atoms with Crippen LogP contribution in [0.15, 0.2) is 24.3 Å². The standard InChI is InChI=1S/C13H16N2O2/c1-15-7-13-11(6-9(15)8-17-16)10-4-2-3-5-12(10)14-13/h2-5,9,14,16H,6-8H2,1H3. The van der Waals surface area contributed by atoms with Crippen LogP contribution in [-0.2, 0) is 17.9 Å². The van der Waals surface area contributed by atoms with Crippen LogP contribution in [-0.4, -0.2) is 34.8 Å². The summed E-state index contributed by atoms with van der Waals surface area (Å²) in [6.07, 6.45) is 0.913. The molecule has 1 aromatic heterocycles. The molecule has 1 aliphatic heterocycles. The van der Waals surface area contributed by atoms with E-state index < -0.39 is 0 Å². The lowest BCUT2D eigenvalue weighted by Gasteiger charge is -2.31. The Morgan fingerprint density at radius 2 is 2.29 bits per heavy atom. The lowest BCUT2D eigenvalue weighted by molar-refractivity contribution is -0.252. The molecule has 1 unspecified atom stereocenters. The van der Waals surface area contributed by atoms with Crippen molar-refractivity contribution in [2.24, 2.45) is 0 Å². The number of nitrogens with one attached hydrogen (secondary N) is 1. The summed E-state index contributed by atoms with van der Waals surface area (Å²) in [6.45, 7) is 1.23. The SMILES string of the molecule is CN1Cc2[nH]c3ccccc3c2CC1COO. The highest BCUT2D eigenvalue weighted by Crippen LogP contribution is 2.29. The first-order valence-corrected chi connectivity index (χ1v) is 5.84. The number of aromatic amines is 1. The van der Waals surface area contributed by atoms with E-state index in [0.717, 1.165) is 13.0 Å². The van der Waals surface area contributed by atoms with E-state index in [1.807, 2.05) is 6.07 Å². The van der Waals surface area contributed by atoms with Gasteiger partial charge in [-0.2, -0.15) is 0 Å². The molecule has 90 valence electrons. The highest BCUT2D eigenvalue weighted by molar-refractivity contribution is 5.84. The van der Waals surface area contributed by atoms with Gasteiger partial charge < -0.3 is 4.98 Å². The molecule has 2 N–H and O–H groups in total. The number of nitrogens with zero attached hydrogens (tertiary/aromatic N) is 1. The van der Waals surface area contributed by atoms with Gasteiger partial charge in [-0.05, 0) is 25.1 Å². The van der Waals surface area contributed by atoms with Crippen LogP contribution < -0.4 is 0 Å². The molecule has 3 rings (SSSR count). The summed E-state index contributed by atoms with van der Waals surface area (Å²) < 4.78 is 0. The first-order valence-electron chi connectivity index (χ1n) is 5.84. The zero-order chi connectivity index (χ0) is 11.8. The maximum absolute atomic E-state index is 8.61. The fraction of sp³-hybridized carbons (Fsp3) is 0.385. The van der Waals surface area contributed by atoms with Crippen molar-refractivity contribution in [1.29, 1.82) is 0 Å². The molecule has 0 radical (unpaired) electrons. The Bertz CT molecular complexity index is 535. The fourth-order valence-electron chi connectivity index (χ4n) is 2.67. The topological polar surface area (TPSA) is 48.5 Å². The van der Waals surface area contributed by atoms with E-state index in [2.05, 4.69) is 40.0 Å². The molecule has 0 saturated heterocycles. The zero-order valence-corrected chi connectivity index (χ0v) is 9.81. The molecule has 0 amide bonds. The third kappa shape index (κ3) is 1.74. The van der Waals surface area contributed by atoms with Gasteiger partial charge in [-0.25, -0.2) is 4.89 Å². The van der Waals surface area contributed by atoms with E-state index >= 15 is 0 Å². The third-order valence-electron chi connectivity index (χ3n) is 3.64. The second-order valence-corrected chi connectivity index (χ2v) is 4.70. The molecule has 0 bridgehead atoms. The quantitative estimate of drug-likeness (QED) is 0.615. The summed E-state index contributed by atoms with van der Waals surface area (Å²) in [6, 6.07) is 8.60. The van der Waals surface area contributed by atoms with Crippen LogP contribution >= 0.6 is 0 Å². The van der Waals surface area contributed by atoms with Crippen molar-refractivity contribution in [2.45, 2.75) is 19.0 Å². The monoisotopic (exact) mass is 232 g/mol. The van der Waals surface area contributed by atoms with Crippen molar-refractivity contribution in [3.05, 3.63) is 35.5 Å². The van der Waals surface area contributed by atoms with Gasteiger partial charge in [0.1, 0.15) is 0 Å². The van der Waals surface area contributed by atoms with Crippen molar-refractivity contribution < 1.29 is 10.1 Å². The van der Waals surface area contributed by atoms with Crippen molar-refractivity contribution in [1.82, 2.24) is 9.88 Å². The predicted octanol–water partition coefficient (Wildman–Crippen LogP) is 2.01. The maximum Gasteiger partial charge on any atom is 0.0978 e. The molecule has 0 fully saturated rings. The molecule has 1 aromatic carbocycles. The Kier molecular flexibility index (Phi) is 2.63. The minimum atomic E-state index is 0.242. The molecule has 4 nitrogen and oxygen atoms in total. The maximum atomic E-state index is 8.61. The number of aromatic nitrogens is 1. The number of fused-ring (bicyclic) bond motifs is 3. The van der Waals surface area contributed by atoms with Crippen LogP contribution in [0, 0.1) is 0 Å². The predicted molar refractivity (Wildman–Crippen MR) is 65.8 cm³/mol. The Balaban J connectivity index is 2.04. The smallest absolute Gasteiger partial charge is 0.0978 e. The van der Waals surface area contributed by atoms with Crippen molar-refractivity contribution >= 4 is 10.9 Å². The summed E-state index contributed by atoms with van der Waals surface area (Å²) in [5.41, 5.74) is 3.83. The van der Waals surface area contributed by atoms with Gasteiger partial charge in [0.25, 0.3) is 0 Å². The minimum absolute atomic E-state index is 0.242. The fourth-order valence-corrected chi connectivity index (χ4v) is 2.67. The lowest BCUT2D eigenvalue weighted by Crippen LogP contribution is -2.40. The molecule has 2 heterocycles. The molecule has 4 heteroatoms. The normalized spacial score (nSPS) is 20.7. The average Bonchev–Trinajstić information content (AvgIpc) is 2.67. The van der Waals surface area contributed by atoms with Crippen molar-refractivity contribution in [3.8, 4) is 0 Å². The number of hydrogen-bond donors (Lipinski definition) is 2. The summed E-state index contributed by atoms with van der Waals surface area (Å²) in [5.74, 6) is 0. The lowest BCUT2D eigenvalue weighted by atomic mass is 9.98. The van der Waals surface area contributed by atoms with E-state index in [1.165, 1.54) is 22.2 Å². The number of likely N-dealkylation sites (N-methyl/N-ethyl adjacent to an activating group) is 1. The molecule has 0 spiro atoms. The highest BCUT2D eigenvalue weighted by atomic mass is 17.1. The average molecular weight is 232 g/mol. The molecule has 2 aromatic rings. The Labute approximate surface area is 99.7 Å². The Hall–Kier alpha value is -1.36. The van der Waals surface area contributed by atoms with Gasteiger partial charge >= 0.3 is 0 Å². The van der Waals surface area contributed by atoms with E-state index in [4.69, 9.17) is 5.26 Å². The summed E-state index contributed by atoms with van der Waals surface area (Å²) >= 11 is 0. The minimum Gasteiger partial charge on any atom is -0.357 e. The van der Waals surface area contributed by atoms with Gasteiger partial charge in [0.05, 0.1) is 6.61 Å². The van der Waals surface area contributed by atoms with Gasteiger partial charge in [-0.15, -0.1) is 0 Å². The van der Waals surface area contributed by atoms with Crippen LogP contribution in [0.5, 0.6) is 0 Å². The molecule has 17 heavy (non-hydrogen) atoms. The molecule has 0 aliphatic carbocycles. The van der Waals surface area contributed by atoms with Crippen molar-refractivity contribution in [2.75, 3.05) is 13.7 Å². The summed E-state index contributed by atoms with van der Waals surface area (Å²) in [5, 5.41) is 9.90. The van der Waals surface area contributed by atoms with E-state index in [-0.39, 0.29) is 6.04 Å². The molecular formula is C13H16N2O2. The van der Waals surface area contributed by atoms with Crippen LogP contribution in [0.4, 0.5) is 0 Å². The second-order valence-electron chi connectivity index (χ2n) is 4.70. The van der Waals surface area contributed by atoms with Crippen LogP contribution in [0.1, 0.15) is 11.3 Å². The Morgan fingerprint density at radius 1 is 1.47 bits per heavy atom. The van der Waals surface area contributed by atoms with Crippen LogP contribution in [0.2, 0.25) is 0 Å². The van der Waals surface area contributed by atoms with Gasteiger partial charge in [0, 0.05) is 29.2 Å². The number of H-pyrrole nitrogens is 1.